The van der Waals surface area contributed by atoms with Crippen LogP contribution in [-0.2, 0) is 6.42 Å². The number of carbonyl (C=O) groups excluding carboxylic acids is 1. The molecule has 3 aromatic rings. The Labute approximate surface area is 176 Å². The van der Waals surface area contributed by atoms with E-state index in [1.165, 1.54) is 25.3 Å². The number of halogens is 3. The number of fused-ring (bicyclic) bond motifs is 1. The average Bonchev–Trinajstić information content (AvgIpc) is 3.12. The van der Waals surface area contributed by atoms with E-state index in [1.807, 2.05) is 0 Å². The summed E-state index contributed by atoms with van der Waals surface area (Å²) in [6, 6.07) is 5.66. The van der Waals surface area contributed by atoms with Gasteiger partial charge in [-0.2, -0.15) is 0 Å². The molecule has 2 heterocycles. The number of amides is 1. The van der Waals surface area contributed by atoms with Crippen molar-refractivity contribution in [2.75, 3.05) is 7.11 Å². The lowest BCUT2D eigenvalue weighted by Crippen LogP contribution is -2.30. The molecule has 0 radical (unpaired) electrons. The molecular weight excluding hydrogens is 420 g/mol. The molecule has 1 unspecified atom stereocenters. The van der Waals surface area contributed by atoms with Crippen LogP contribution < -0.4 is 10.1 Å². The summed E-state index contributed by atoms with van der Waals surface area (Å²) in [4.78, 5) is 20.9. The summed E-state index contributed by atoms with van der Waals surface area (Å²) in [5.74, 6) is -0.0103. The Hall–Kier alpha value is -2.64. The summed E-state index contributed by atoms with van der Waals surface area (Å²) < 4.78 is 25.2. The smallest absolute Gasteiger partial charge is 0.251 e. The van der Waals surface area contributed by atoms with Gasteiger partial charge in [-0.25, -0.2) is 14.4 Å². The molecule has 0 aliphatic heterocycles. The van der Waals surface area contributed by atoms with Crippen LogP contribution in [0, 0.1) is 5.82 Å². The van der Waals surface area contributed by atoms with Gasteiger partial charge in [0.25, 0.3) is 5.91 Å². The van der Waals surface area contributed by atoms with Gasteiger partial charge in [0.2, 0.25) is 11.8 Å². The number of pyridine rings is 1. The molecule has 0 saturated carbocycles. The summed E-state index contributed by atoms with van der Waals surface area (Å²) in [7, 11) is 1.44. The lowest BCUT2D eigenvalue weighted by Gasteiger charge is -2.21. The Morgan fingerprint density at radius 2 is 2.03 bits per heavy atom. The number of methoxy groups -OCH3 is 1. The number of nitrogens with zero attached hydrogens (tertiary/aromatic N) is 2. The minimum atomic E-state index is -0.571. The predicted octanol–water partition coefficient (Wildman–Crippen LogP) is 5.00. The van der Waals surface area contributed by atoms with Crippen molar-refractivity contribution in [1.29, 1.82) is 0 Å². The SMILES string of the molecule is COc1cc(-c2nc3c(o2)C(NC(=O)c2cc(Cl)cc(Cl)c2)CCC3)c(F)cn1. The third kappa shape index (κ3) is 4.06. The molecule has 1 N–H and O–H groups in total. The van der Waals surface area contributed by atoms with Crippen molar-refractivity contribution in [1.82, 2.24) is 15.3 Å². The van der Waals surface area contributed by atoms with E-state index in [0.717, 1.165) is 12.6 Å². The number of benzene rings is 1. The monoisotopic (exact) mass is 435 g/mol. The van der Waals surface area contributed by atoms with Gasteiger partial charge >= 0.3 is 0 Å². The topological polar surface area (TPSA) is 77.3 Å². The first-order chi connectivity index (χ1) is 13.9. The van der Waals surface area contributed by atoms with Crippen molar-refractivity contribution in [2.24, 2.45) is 0 Å². The van der Waals surface area contributed by atoms with E-state index < -0.39 is 11.9 Å². The van der Waals surface area contributed by atoms with Gasteiger partial charge in [0.05, 0.1) is 30.6 Å². The Bertz CT molecular complexity index is 1070. The fourth-order valence-corrected chi connectivity index (χ4v) is 3.82. The van der Waals surface area contributed by atoms with Crippen LogP contribution >= 0.6 is 23.2 Å². The van der Waals surface area contributed by atoms with Crippen LogP contribution in [-0.4, -0.2) is 23.0 Å². The summed E-state index contributed by atoms with van der Waals surface area (Å²) in [6.07, 6.45) is 3.21. The van der Waals surface area contributed by atoms with Crippen LogP contribution in [0.3, 0.4) is 0 Å². The summed E-state index contributed by atoms with van der Waals surface area (Å²) in [5, 5.41) is 3.67. The zero-order valence-corrected chi connectivity index (χ0v) is 16.9. The molecule has 29 heavy (non-hydrogen) atoms. The number of aryl methyl sites for hydroxylation is 1. The molecule has 0 fully saturated rings. The number of hydrogen-bond acceptors (Lipinski definition) is 5. The lowest BCUT2D eigenvalue weighted by atomic mass is 9.96. The minimum absolute atomic E-state index is 0.125. The number of nitrogens with one attached hydrogen (secondary N) is 1. The number of hydrogen-bond donors (Lipinski definition) is 1. The number of rotatable bonds is 4. The molecule has 0 bridgehead atoms. The first kappa shape index (κ1) is 19.7. The predicted molar refractivity (Wildman–Crippen MR) is 106 cm³/mol. The Morgan fingerprint density at radius 1 is 1.28 bits per heavy atom. The van der Waals surface area contributed by atoms with Gasteiger partial charge in [0, 0.05) is 21.7 Å². The number of ether oxygens (including phenoxy) is 1. The highest BCUT2D eigenvalue weighted by atomic mass is 35.5. The van der Waals surface area contributed by atoms with Gasteiger partial charge in [-0.15, -0.1) is 0 Å². The molecule has 1 aliphatic rings. The maximum Gasteiger partial charge on any atom is 0.251 e. The summed E-state index contributed by atoms with van der Waals surface area (Å²) >= 11 is 12.0. The van der Waals surface area contributed by atoms with E-state index in [2.05, 4.69) is 15.3 Å². The fraction of sp³-hybridized carbons (Fsp3) is 0.250. The molecule has 0 saturated heterocycles. The Kier molecular flexibility index (Phi) is 5.43. The maximum atomic E-state index is 14.2. The van der Waals surface area contributed by atoms with Crippen molar-refractivity contribution in [3.63, 3.8) is 0 Å². The van der Waals surface area contributed by atoms with Crippen LogP contribution in [0.5, 0.6) is 5.88 Å². The normalized spacial score (nSPS) is 15.7. The lowest BCUT2D eigenvalue weighted by molar-refractivity contribution is 0.0927. The van der Waals surface area contributed by atoms with Gasteiger partial charge < -0.3 is 14.5 Å². The van der Waals surface area contributed by atoms with E-state index in [1.54, 1.807) is 6.07 Å². The molecule has 1 aliphatic carbocycles. The van der Waals surface area contributed by atoms with Gasteiger partial charge in [-0.3, -0.25) is 4.79 Å². The van der Waals surface area contributed by atoms with Crippen LogP contribution in [0.25, 0.3) is 11.5 Å². The van der Waals surface area contributed by atoms with Crippen LogP contribution in [0.4, 0.5) is 4.39 Å². The molecule has 0 spiro atoms. The Balaban J connectivity index is 1.63. The average molecular weight is 436 g/mol. The van der Waals surface area contributed by atoms with Crippen molar-refractivity contribution in [3.8, 4) is 17.3 Å². The zero-order chi connectivity index (χ0) is 20.5. The number of oxazole rings is 1. The third-order valence-electron chi connectivity index (χ3n) is 4.65. The largest absolute Gasteiger partial charge is 0.481 e. The first-order valence-electron chi connectivity index (χ1n) is 8.91. The van der Waals surface area contributed by atoms with Crippen LogP contribution in [0.2, 0.25) is 10.0 Å². The highest BCUT2D eigenvalue weighted by Crippen LogP contribution is 2.35. The van der Waals surface area contributed by atoms with Crippen molar-refractivity contribution < 1.29 is 18.3 Å². The quantitative estimate of drug-likeness (QED) is 0.623. The third-order valence-corrected chi connectivity index (χ3v) is 5.09. The maximum absolute atomic E-state index is 14.2. The fourth-order valence-electron chi connectivity index (χ4n) is 3.29. The molecule has 9 heteroatoms. The second-order valence-corrected chi connectivity index (χ2v) is 7.49. The molecule has 1 amide bonds. The molecule has 1 atom stereocenters. The summed E-state index contributed by atoms with van der Waals surface area (Å²) in [6.45, 7) is 0. The first-order valence-corrected chi connectivity index (χ1v) is 9.66. The van der Waals surface area contributed by atoms with Gasteiger partial charge in [-0.05, 0) is 37.5 Å². The number of carbonyl (C=O) groups is 1. The van der Waals surface area contributed by atoms with Crippen molar-refractivity contribution >= 4 is 29.1 Å². The molecule has 1 aromatic carbocycles. The van der Waals surface area contributed by atoms with E-state index >= 15 is 0 Å². The number of aromatic nitrogens is 2. The van der Waals surface area contributed by atoms with Gasteiger partial charge in [0.15, 0.2) is 5.82 Å². The highest BCUT2D eigenvalue weighted by Gasteiger charge is 2.29. The zero-order valence-electron chi connectivity index (χ0n) is 15.3. The van der Waals surface area contributed by atoms with Crippen molar-refractivity contribution in [3.05, 3.63) is 63.3 Å². The summed E-state index contributed by atoms with van der Waals surface area (Å²) in [5.41, 5.74) is 1.19. The standard InChI is InChI=1S/C20H16Cl2FN3O3/c1-28-17-8-13(14(23)9-24-17)20-26-16-4-2-3-15(18(16)29-20)25-19(27)10-5-11(21)7-12(22)6-10/h5-9,15H,2-4H2,1H3,(H,25,27). The molecule has 150 valence electrons. The van der Waals surface area contributed by atoms with E-state index in [0.29, 0.717) is 39.9 Å². The van der Waals surface area contributed by atoms with E-state index in [-0.39, 0.29) is 23.2 Å². The van der Waals surface area contributed by atoms with E-state index in [9.17, 15) is 9.18 Å². The molecule has 2 aromatic heterocycles. The van der Waals surface area contributed by atoms with Gasteiger partial charge in [-0.1, -0.05) is 23.2 Å². The second-order valence-electron chi connectivity index (χ2n) is 6.61. The van der Waals surface area contributed by atoms with Crippen LogP contribution in [0.15, 0.2) is 34.9 Å². The minimum Gasteiger partial charge on any atom is -0.481 e. The van der Waals surface area contributed by atoms with Crippen molar-refractivity contribution in [2.45, 2.75) is 25.3 Å². The molecular formula is C20H16Cl2FN3O3. The van der Waals surface area contributed by atoms with E-state index in [4.69, 9.17) is 32.4 Å². The van der Waals surface area contributed by atoms with Gasteiger partial charge in [0.1, 0.15) is 5.76 Å². The molecule has 4 rings (SSSR count). The Morgan fingerprint density at radius 3 is 2.76 bits per heavy atom. The van der Waals surface area contributed by atoms with Crippen LogP contribution in [0.1, 0.15) is 40.7 Å². The second kappa shape index (κ2) is 8.00. The highest BCUT2D eigenvalue weighted by molar-refractivity contribution is 6.35. The molecule has 6 nitrogen and oxygen atoms in total.